The topological polar surface area (TPSA) is 124 Å². The van der Waals surface area contributed by atoms with Gasteiger partial charge in [-0.1, -0.05) is 103 Å². The highest BCUT2D eigenvalue weighted by Crippen LogP contribution is 2.25. The number of carbonyl (C=O) groups excluding carboxylic acids is 4. The summed E-state index contributed by atoms with van der Waals surface area (Å²) in [5.41, 5.74) is 4.51. The fourth-order valence-electron chi connectivity index (χ4n) is 6.54. The minimum absolute atomic E-state index is 0.0232. The van der Waals surface area contributed by atoms with Gasteiger partial charge in [0.2, 0.25) is 0 Å². The molecule has 360 valence electrons. The third-order valence-corrected chi connectivity index (χ3v) is 14.9. The van der Waals surface area contributed by atoms with Crippen LogP contribution in [0, 0.1) is 0 Å². The molecule has 10 nitrogen and oxygen atoms in total. The molecule has 0 unspecified atom stereocenters. The molecule has 0 aliphatic heterocycles. The second kappa shape index (κ2) is 29.0. The van der Waals surface area contributed by atoms with Gasteiger partial charge in [-0.25, -0.2) is 0 Å². The van der Waals surface area contributed by atoms with E-state index < -0.39 is 17.8 Å². The molecule has 0 aromatic heterocycles. The normalized spacial score (nSPS) is 11.4. The average molecular weight is 941 g/mol. The first-order valence-corrected chi connectivity index (χ1v) is 27.7. The van der Waals surface area contributed by atoms with Crippen molar-refractivity contribution in [1.29, 1.82) is 0 Å². The number of ether oxygens (including phenoxy) is 2. The van der Waals surface area contributed by atoms with E-state index in [1.165, 1.54) is 0 Å². The zero-order chi connectivity index (χ0) is 49.3. The van der Waals surface area contributed by atoms with E-state index in [2.05, 4.69) is 54.7 Å². The molecule has 12 heteroatoms. The number of hydrogen-bond donors (Lipinski definition) is 0. The van der Waals surface area contributed by atoms with Crippen LogP contribution in [0.3, 0.4) is 0 Å². The summed E-state index contributed by atoms with van der Waals surface area (Å²) in [5.74, 6) is 0.642. The van der Waals surface area contributed by atoms with Crippen LogP contribution in [0.1, 0.15) is 141 Å². The molecule has 0 aliphatic carbocycles. The molecule has 0 saturated carbocycles. The molecule has 0 bridgehead atoms. The van der Waals surface area contributed by atoms with Gasteiger partial charge in [0.1, 0.15) is 18.1 Å². The summed E-state index contributed by atoms with van der Waals surface area (Å²) in [4.78, 5) is 49.8. The Kier molecular flexibility index (Phi) is 25.2. The lowest BCUT2D eigenvalue weighted by molar-refractivity contribution is 0.0878. The van der Waals surface area contributed by atoms with Gasteiger partial charge in [-0.3, -0.25) is 19.2 Å². The van der Waals surface area contributed by atoms with Crippen molar-refractivity contribution in [3.8, 4) is 11.5 Å². The predicted molar refractivity (Wildman–Crippen MR) is 271 cm³/mol. The maximum atomic E-state index is 12.6. The first kappa shape index (κ1) is 57.3. The van der Waals surface area contributed by atoms with Crippen LogP contribution in [0.25, 0.3) is 0 Å². The molecule has 4 aromatic rings. The van der Waals surface area contributed by atoms with Gasteiger partial charge in [0, 0.05) is 48.7 Å². The monoisotopic (exact) mass is 940 g/mol. The molecular weight excluding hydrogens is 865 g/mol. The minimum Gasteiger partial charge on any atom is -0.494 e. The molecule has 0 fully saturated rings. The Balaban J connectivity index is 0.000000399. The summed E-state index contributed by atoms with van der Waals surface area (Å²) in [7, 11) is -3.33. The van der Waals surface area contributed by atoms with E-state index in [0.29, 0.717) is 60.2 Å². The third kappa shape index (κ3) is 21.2. The first-order valence-electron chi connectivity index (χ1n) is 23.1. The number of ketones is 4. The van der Waals surface area contributed by atoms with Gasteiger partial charge in [0.25, 0.3) is 0 Å². The fraction of sp³-hybridized carbons (Fsp3) is 0.444. The highest BCUT2D eigenvalue weighted by molar-refractivity contribution is 6.66. The van der Waals surface area contributed by atoms with Gasteiger partial charge in [0.15, 0.2) is 23.1 Å². The van der Waals surface area contributed by atoms with Crippen LogP contribution in [0.15, 0.2) is 110 Å². The number of Topliss-reactive ketones (excluding diaryl/α,β-unsaturated/α-hetero) is 4. The van der Waals surface area contributed by atoms with Crippen molar-refractivity contribution in [2.45, 2.75) is 118 Å². The summed E-state index contributed by atoms with van der Waals surface area (Å²) < 4.78 is 33.3. The van der Waals surface area contributed by atoms with Crippen LogP contribution < -0.4 is 9.47 Å². The Morgan fingerprint density at radius 1 is 0.545 bits per heavy atom. The zero-order valence-electron chi connectivity index (χ0n) is 41.8. The lowest BCUT2D eigenvalue weighted by Gasteiger charge is -2.25. The largest absolute Gasteiger partial charge is 0.494 e. The van der Waals surface area contributed by atoms with Crippen molar-refractivity contribution in [2.24, 2.45) is 0 Å². The Hall–Kier alpha value is -4.83. The number of carbonyl (C=O) groups is 4. The SMILES string of the molecule is C=CCOc1ccc(C(=O)CC(=O)c2ccc(C(C)(C)C)cc2)cc1.CCO[SiH](C)OCC.CCO[Si](C)(CCCOc1ccc(C(=O)CC(=O)c2ccc(C(C)(C)C)cc2)cc1)OCC. The average Bonchev–Trinajstić information content (AvgIpc) is 3.28. The third-order valence-electron chi connectivity index (χ3n) is 10.3. The molecule has 0 heterocycles. The Labute approximate surface area is 398 Å². The quantitative estimate of drug-likeness (QED) is 0.0220. The minimum atomic E-state index is -2.12. The van der Waals surface area contributed by atoms with Crippen molar-refractivity contribution in [1.82, 2.24) is 0 Å². The fourth-order valence-corrected chi connectivity index (χ4v) is 9.95. The van der Waals surface area contributed by atoms with E-state index in [0.717, 1.165) is 36.8 Å². The molecule has 0 N–H and O–H groups in total. The lowest BCUT2D eigenvalue weighted by atomic mass is 9.86. The lowest BCUT2D eigenvalue weighted by Crippen LogP contribution is -2.38. The van der Waals surface area contributed by atoms with Gasteiger partial charge in [-0.2, -0.15) is 0 Å². The highest BCUT2D eigenvalue weighted by atomic mass is 28.4. The Morgan fingerprint density at radius 3 is 1.18 bits per heavy atom. The highest BCUT2D eigenvalue weighted by Gasteiger charge is 2.30. The Bertz CT molecular complexity index is 2050. The van der Waals surface area contributed by atoms with Gasteiger partial charge >= 0.3 is 17.8 Å². The molecule has 0 atom stereocenters. The van der Waals surface area contributed by atoms with Crippen molar-refractivity contribution in [3.63, 3.8) is 0 Å². The van der Waals surface area contributed by atoms with Crippen LogP contribution in [-0.4, -0.2) is 80.6 Å². The first-order chi connectivity index (χ1) is 31.2. The molecular formula is C54H76O10Si2. The van der Waals surface area contributed by atoms with Gasteiger partial charge in [0.05, 0.1) is 19.4 Å². The molecule has 66 heavy (non-hydrogen) atoms. The number of hydrogen-bond acceptors (Lipinski definition) is 10. The van der Waals surface area contributed by atoms with Crippen LogP contribution in [-0.2, 0) is 28.5 Å². The van der Waals surface area contributed by atoms with Crippen molar-refractivity contribution >= 4 is 41.0 Å². The van der Waals surface area contributed by atoms with Crippen LogP contribution in [0.5, 0.6) is 11.5 Å². The molecule has 0 spiro atoms. The number of rotatable bonds is 24. The van der Waals surface area contributed by atoms with Crippen molar-refractivity contribution < 1.29 is 46.4 Å². The Morgan fingerprint density at radius 2 is 0.879 bits per heavy atom. The summed E-state index contributed by atoms with van der Waals surface area (Å²) in [6, 6.07) is 29.6. The van der Waals surface area contributed by atoms with E-state index >= 15 is 0 Å². The van der Waals surface area contributed by atoms with Crippen LogP contribution >= 0.6 is 0 Å². The van der Waals surface area contributed by atoms with E-state index in [4.69, 9.17) is 27.2 Å². The summed E-state index contributed by atoms with van der Waals surface area (Å²) in [6.45, 7) is 32.2. The van der Waals surface area contributed by atoms with Gasteiger partial charge < -0.3 is 27.2 Å². The summed E-state index contributed by atoms with van der Waals surface area (Å²) in [6.07, 6.45) is 2.21. The van der Waals surface area contributed by atoms with Gasteiger partial charge in [-0.15, -0.1) is 0 Å². The van der Waals surface area contributed by atoms with E-state index in [9.17, 15) is 19.2 Å². The smallest absolute Gasteiger partial charge is 0.335 e. The summed E-state index contributed by atoms with van der Waals surface area (Å²) in [5, 5.41) is 0. The van der Waals surface area contributed by atoms with Crippen LogP contribution in [0.2, 0.25) is 19.1 Å². The van der Waals surface area contributed by atoms with E-state index in [1.807, 2.05) is 58.5 Å². The van der Waals surface area contributed by atoms with Gasteiger partial charge in [-0.05, 0) is 124 Å². The standard InChI is InChI=1S/C27H38O5Si.C22H24O3.C5H14O2Si/c1-7-31-33(6,32-8-2)19-9-18-30-24-16-12-22(13-17-24)26(29)20-25(28)21-10-14-23(15-11-21)27(3,4)5;1-5-14-25-19-12-8-17(9-13-19)21(24)15-20(23)16-6-10-18(11-7-16)22(2,3)4;1-4-6-8(3)7-5-2/h10-17H,7-9,18-20H2,1-6H3;5-13H,1,14-15H2,2-4H3;8H,4-5H2,1-3H3. The second-order valence-corrected chi connectivity index (χ2v) is 22.9. The number of benzene rings is 4. The molecule has 0 amide bonds. The van der Waals surface area contributed by atoms with Crippen molar-refractivity contribution in [3.05, 3.63) is 143 Å². The van der Waals surface area contributed by atoms with E-state index in [-0.39, 0.29) is 46.8 Å². The van der Waals surface area contributed by atoms with Crippen LogP contribution in [0.4, 0.5) is 0 Å². The molecule has 4 rings (SSSR count). The van der Waals surface area contributed by atoms with Crippen molar-refractivity contribution in [2.75, 3.05) is 39.6 Å². The molecule has 4 aromatic carbocycles. The predicted octanol–water partition coefficient (Wildman–Crippen LogP) is 12.3. The molecule has 0 radical (unpaired) electrons. The maximum Gasteiger partial charge on any atom is 0.335 e. The molecule has 0 saturated heterocycles. The van der Waals surface area contributed by atoms with E-state index in [1.54, 1.807) is 78.9 Å². The zero-order valence-corrected chi connectivity index (χ0v) is 43.9. The molecule has 0 aliphatic rings. The maximum absolute atomic E-state index is 12.6. The second-order valence-electron chi connectivity index (χ2n) is 17.8. The summed E-state index contributed by atoms with van der Waals surface area (Å²) >= 11 is 0.